The number of carboxylic acids is 2. The molecule has 0 heterocycles. The van der Waals surface area contributed by atoms with Crippen molar-refractivity contribution in [2.24, 2.45) is 5.41 Å². The molecular weight excluding hydrogens is 228 g/mol. The van der Waals surface area contributed by atoms with Gasteiger partial charge in [-0.3, -0.25) is 9.59 Å². The molecule has 1 saturated carbocycles. The van der Waals surface area contributed by atoms with Crippen molar-refractivity contribution < 1.29 is 24.6 Å². The molecule has 0 aromatic heterocycles. The molecule has 0 saturated heterocycles. The van der Waals surface area contributed by atoms with Crippen LogP contribution in [0.5, 0.6) is 0 Å². The molecular formula is C10H16N2O5. The Morgan fingerprint density at radius 1 is 1.18 bits per heavy atom. The van der Waals surface area contributed by atoms with E-state index in [0.29, 0.717) is 6.54 Å². The van der Waals surface area contributed by atoms with Crippen LogP contribution in [0.3, 0.4) is 0 Å². The van der Waals surface area contributed by atoms with Gasteiger partial charge in [0.05, 0.1) is 0 Å². The van der Waals surface area contributed by atoms with E-state index in [1.165, 1.54) is 0 Å². The molecule has 1 fully saturated rings. The summed E-state index contributed by atoms with van der Waals surface area (Å²) >= 11 is 0. The summed E-state index contributed by atoms with van der Waals surface area (Å²) in [5.41, 5.74) is 0.0910. The molecule has 1 aliphatic rings. The number of rotatable bonds is 6. The fourth-order valence-electron chi connectivity index (χ4n) is 1.32. The minimum absolute atomic E-state index is 0.0910. The van der Waals surface area contributed by atoms with Gasteiger partial charge in [-0.2, -0.15) is 0 Å². The highest BCUT2D eigenvalue weighted by Gasteiger charge is 2.37. The van der Waals surface area contributed by atoms with E-state index in [0.717, 1.165) is 17.7 Å². The summed E-state index contributed by atoms with van der Waals surface area (Å²) in [4.78, 5) is 33.3. The van der Waals surface area contributed by atoms with Crippen molar-refractivity contribution in [1.82, 2.24) is 10.2 Å². The molecule has 0 radical (unpaired) electrons. The van der Waals surface area contributed by atoms with E-state index < -0.39 is 31.1 Å². The number of carbonyl (C=O) groups is 3. The molecule has 0 atom stereocenters. The van der Waals surface area contributed by atoms with E-state index in [2.05, 4.69) is 5.32 Å². The lowest BCUT2D eigenvalue weighted by atomic mass is 10.1. The number of urea groups is 1. The summed E-state index contributed by atoms with van der Waals surface area (Å²) in [5, 5.41) is 19.7. The van der Waals surface area contributed by atoms with Crippen LogP contribution < -0.4 is 5.32 Å². The van der Waals surface area contributed by atoms with Gasteiger partial charge in [-0.1, -0.05) is 6.92 Å². The number of carbonyl (C=O) groups excluding carboxylic acids is 1. The Hall–Kier alpha value is -1.79. The normalized spacial score (nSPS) is 16.1. The third kappa shape index (κ3) is 4.71. The van der Waals surface area contributed by atoms with E-state index in [4.69, 9.17) is 10.2 Å². The van der Waals surface area contributed by atoms with Crippen LogP contribution in [0, 0.1) is 5.41 Å². The largest absolute Gasteiger partial charge is 0.480 e. The first-order chi connectivity index (χ1) is 7.82. The SMILES string of the molecule is CC1(CNC(=O)N(CC(=O)O)CC(=O)O)CC1. The highest BCUT2D eigenvalue weighted by Crippen LogP contribution is 2.44. The van der Waals surface area contributed by atoms with Gasteiger partial charge in [0.25, 0.3) is 0 Å². The molecule has 0 aromatic rings. The zero-order chi connectivity index (χ0) is 13.1. The van der Waals surface area contributed by atoms with Gasteiger partial charge < -0.3 is 20.4 Å². The van der Waals surface area contributed by atoms with E-state index in [9.17, 15) is 14.4 Å². The lowest BCUT2D eigenvalue weighted by Gasteiger charge is -2.20. The second-order valence-corrected chi connectivity index (χ2v) is 4.61. The Morgan fingerprint density at radius 2 is 1.65 bits per heavy atom. The van der Waals surface area contributed by atoms with Crippen LogP contribution in [0.15, 0.2) is 0 Å². The average molecular weight is 244 g/mol. The van der Waals surface area contributed by atoms with Crippen molar-refractivity contribution in [1.29, 1.82) is 0 Å². The van der Waals surface area contributed by atoms with Gasteiger partial charge in [0.1, 0.15) is 13.1 Å². The summed E-state index contributed by atoms with van der Waals surface area (Å²) in [6, 6.07) is -0.650. The van der Waals surface area contributed by atoms with Gasteiger partial charge >= 0.3 is 18.0 Å². The second-order valence-electron chi connectivity index (χ2n) is 4.61. The first kappa shape index (κ1) is 13.3. The highest BCUT2D eigenvalue weighted by molar-refractivity contribution is 5.84. The summed E-state index contributed by atoms with van der Waals surface area (Å²) < 4.78 is 0. The van der Waals surface area contributed by atoms with Crippen LogP contribution in [0.4, 0.5) is 4.79 Å². The van der Waals surface area contributed by atoms with Gasteiger partial charge in [0.15, 0.2) is 0 Å². The Labute approximate surface area is 98.4 Å². The monoisotopic (exact) mass is 244 g/mol. The van der Waals surface area contributed by atoms with Crippen LogP contribution in [-0.4, -0.2) is 52.7 Å². The maximum Gasteiger partial charge on any atom is 0.323 e. The maximum absolute atomic E-state index is 11.6. The minimum Gasteiger partial charge on any atom is -0.480 e. The Kier molecular flexibility index (Phi) is 3.93. The van der Waals surface area contributed by atoms with Crippen molar-refractivity contribution in [3.8, 4) is 0 Å². The van der Waals surface area contributed by atoms with Crippen LogP contribution in [0.25, 0.3) is 0 Å². The fourth-order valence-corrected chi connectivity index (χ4v) is 1.32. The Bertz CT molecular complexity index is 322. The summed E-state index contributed by atoms with van der Waals surface area (Å²) in [6.07, 6.45) is 2.04. The molecule has 2 amide bonds. The number of nitrogens with zero attached hydrogens (tertiary/aromatic N) is 1. The van der Waals surface area contributed by atoms with Crippen molar-refractivity contribution in [2.75, 3.05) is 19.6 Å². The lowest BCUT2D eigenvalue weighted by molar-refractivity contribution is -0.140. The fraction of sp³-hybridized carbons (Fsp3) is 0.700. The molecule has 3 N–H and O–H groups in total. The Morgan fingerprint density at radius 3 is 2.00 bits per heavy atom. The van der Waals surface area contributed by atoms with Crippen LogP contribution in [0.2, 0.25) is 0 Å². The summed E-state index contributed by atoms with van der Waals surface area (Å²) in [7, 11) is 0. The third-order valence-electron chi connectivity index (χ3n) is 2.71. The number of carboxylic acid groups (broad SMARTS) is 2. The topological polar surface area (TPSA) is 107 Å². The van der Waals surface area contributed by atoms with Gasteiger partial charge in [-0.05, 0) is 18.3 Å². The lowest BCUT2D eigenvalue weighted by Crippen LogP contribution is -2.46. The number of hydrogen-bond acceptors (Lipinski definition) is 3. The number of amides is 2. The smallest absolute Gasteiger partial charge is 0.323 e. The second kappa shape index (κ2) is 5.03. The van der Waals surface area contributed by atoms with Gasteiger partial charge in [0.2, 0.25) is 0 Å². The highest BCUT2D eigenvalue weighted by atomic mass is 16.4. The van der Waals surface area contributed by atoms with Crippen molar-refractivity contribution in [3.63, 3.8) is 0 Å². The van der Waals surface area contributed by atoms with Gasteiger partial charge in [-0.25, -0.2) is 4.79 Å². The third-order valence-corrected chi connectivity index (χ3v) is 2.71. The number of aliphatic carboxylic acids is 2. The molecule has 0 aliphatic heterocycles. The van der Waals surface area contributed by atoms with E-state index >= 15 is 0 Å². The van der Waals surface area contributed by atoms with Crippen molar-refractivity contribution >= 4 is 18.0 Å². The molecule has 17 heavy (non-hydrogen) atoms. The zero-order valence-corrected chi connectivity index (χ0v) is 9.60. The molecule has 96 valence electrons. The standard InChI is InChI=1S/C10H16N2O5/c1-10(2-3-10)6-11-9(17)12(4-7(13)14)5-8(15)16/h2-6H2,1H3,(H,11,17)(H,13,14)(H,15,16). The van der Waals surface area contributed by atoms with Gasteiger partial charge in [-0.15, -0.1) is 0 Å². The van der Waals surface area contributed by atoms with E-state index in [1.54, 1.807) is 0 Å². The molecule has 0 bridgehead atoms. The molecule has 1 rings (SSSR count). The van der Waals surface area contributed by atoms with Crippen LogP contribution in [-0.2, 0) is 9.59 Å². The molecule has 1 aliphatic carbocycles. The first-order valence-electron chi connectivity index (χ1n) is 5.29. The van der Waals surface area contributed by atoms with Gasteiger partial charge in [0, 0.05) is 6.54 Å². The molecule has 0 unspecified atom stereocenters. The van der Waals surface area contributed by atoms with E-state index in [-0.39, 0.29) is 5.41 Å². The number of hydrogen-bond donors (Lipinski definition) is 3. The molecule has 0 aromatic carbocycles. The zero-order valence-electron chi connectivity index (χ0n) is 9.60. The molecule has 0 spiro atoms. The first-order valence-corrected chi connectivity index (χ1v) is 5.29. The number of nitrogens with one attached hydrogen (secondary N) is 1. The predicted octanol–water partition coefficient (Wildman–Crippen LogP) is -0.0327. The average Bonchev–Trinajstić information content (AvgIpc) is 2.91. The predicted molar refractivity (Wildman–Crippen MR) is 57.6 cm³/mol. The van der Waals surface area contributed by atoms with E-state index in [1.807, 2.05) is 6.92 Å². The van der Waals surface area contributed by atoms with Crippen LogP contribution >= 0.6 is 0 Å². The molecule has 7 nitrogen and oxygen atoms in total. The van der Waals surface area contributed by atoms with Crippen molar-refractivity contribution in [3.05, 3.63) is 0 Å². The van der Waals surface area contributed by atoms with Crippen molar-refractivity contribution in [2.45, 2.75) is 19.8 Å². The minimum atomic E-state index is -1.24. The summed E-state index contributed by atoms with van der Waals surface area (Å²) in [6.45, 7) is 1.22. The maximum atomic E-state index is 11.6. The quantitative estimate of drug-likeness (QED) is 0.608. The Balaban J connectivity index is 2.46. The van der Waals surface area contributed by atoms with Crippen LogP contribution in [0.1, 0.15) is 19.8 Å². The molecule has 7 heteroatoms. The summed E-state index contributed by atoms with van der Waals surface area (Å²) in [5.74, 6) is -2.47.